The average molecular weight is 529 g/mol. The number of hydrogen-bond donors (Lipinski definition) is 2. The number of benzene rings is 1. The van der Waals surface area contributed by atoms with Gasteiger partial charge in [-0.15, -0.1) is 24.0 Å². The van der Waals surface area contributed by atoms with Gasteiger partial charge in [-0.25, -0.2) is 9.38 Å². The Hall–Kier alpha value is -0.900. The largest absolute Gasteiger partial charge is 0.357 e. The summed E-state index contributed by atoms with van der Waals surface area (Å²) in [5.41, 5.74) is 0.217. The van der Waals surface area contributed by atoms with Gasteiger partial charge in [0.25, 0.3) is 0 Å². The molecule has 0 unspecified atom stereocenters. The summed E-state index contributed by atoms with van der Waals surface area (Å²) >= 11 is 3.23. The molecule has 2 N–H and O–H groups in total. The predicted molar refractivity (Wildman–Crippen MR) is 115 cm³/mol. The Balaban J connectivity index is 0.00000576. The number of carbonyl (C=O) groups excluding carboxylic acids is 1. The minimum absolute atomic E-state index is 0. The van der Waals surface area contributed by atoms with Gasteiger partial charge in [0.1, 0.15) is 5.82 Å². The van der Waals surface area contributed by atoms with Crippen molar-refractivity contribution >= 4 is 51.8 Å². The summed E-state index contributed by atoms with van der Waals surface area (Å²) < 4.78 is 14.6. The van der Waals surface area contributed by atoms with Gasteiger partial charge in [0, 0.05) is 29.2 Å². The molecule has 8 heteroatoms. The third-order valence-electron chi connectivity index (χ3n) is 3.01. The molecule has 0 aliphatic rings. The van der Waals surface area contributed by atoms with Crippen LogP contribution < -0.4 is 10.6 Å². The molecule has 1 aromatic rings. The minimum atomic E-state index is -0.308. The number of halogens is 3. The molecule has 0 radical (unpaired) electrons. The fourth-order valence-electron chi connectivity index (χ4n) is 2.03. The van der Waals surface area contributed by atoms with E-state index in [1.54, 1.807) is 24.1 Å². The lowest BCUT2D eigenvalue weighted by atomic mass is 10.1. The lowest BCUT2D eigenvalue weighted by Gasteiger charge is -2.25. The van der Waals surface area contributed by atoms with Gasteiger partial charge in [-0.3, -0.25) is 4.79 Å². The van der Waals surface area contributed by atoms with Gasteiger partial charge in [-0.05, 0) is 39.8 Å². The second-order valence-electron chi connectivity index (χ2n) is 6.56. The van der Waals surface area contributed by atoms with Crippen LogP contribution in [0, 0.1) is 5.82 Å². The maximum absolute atomic E-state index is 13.9. The Morgan fingerprint density at radius 1 is 1.36 bits per heavy atom. The second-order valence-corrected chi connectivity index (χ2v) is 7.48. The minimum Gasteiger partial charge on any atom is -0.357 e. The highest BCUT2D eigenvalue weighted by Crippen LogP contribution is 2.16. The average Bonchev–Trinajstić information content (AvgIpc) is 2.42. The smallest absolute Gasteiger partial charge is 0.240 e. The fourth-order valence-corrected chi connectivity index (χ4v) is 2.36. The monoisotopic (exact) mass is 528 g/mol. The van der Waals surface area contributed by atoms with Crippen LogP contribution in [0.25, 0.3) is 0 Å². The standard InChI is InChI=1S/C17H26BrFN4O.HI/c1-6-20-16(23(5)11-15(24)22-17(2,3)4)21-10-12-7-8-13(18)9-14(12)19;/h7-9H,6,10-11H2,1-5H3,(H,20,21)(H,22,24);1H. The molecule has 0 bridgehead atoms. The molecule has 0 aliphatic heterocycles. The number of rotatable bonds is 5. The Kier molecular flexibility index (Phi) is 10.6. The molecule has 0 spiro atoms. The maximum Gasteiger partial charge on any atom is 0.240 e. The van der Waals surface area contributed by atoms with Gasteiger partial charge in [0.05, 0.1) is 13.1 Å². The number of amides is 1. The van der Waals surface area contributed by atoms with Gasteiger partial charge in [-0.2, -0.15) is 0 Å². The zero-order valence-corrected chi connectivity index (χ0v) is 19.2. The molecule has 0 saturated carbocycles. The highest BCUT2D eigenvalue weighted by atomic mass is 127. The number of aliphatic imine (C=N–C) groups is 1. The van der Waals surface area contributed by atoms with Crippen molar-refractivity contribution in [2.75, 3.05) is 20.1 Å². The molecule has 25 heavy (non-hydrogen) atoms. The van der Waals surface area contributed by atoms with Gasteiger partial charge in [0.15, 0.2) is 5.96 Å². The summed E-state index contributed by atoms with van der Waals surface area (Å²) in [6.07, 6.45) is 0. The van der Waals surface area contributed by atoms with Crippen LogP contribution in [0.4, 0.5) is 4.39 Å². The first kappa shape index (κ1) is 24.1. The molecule has 0 saturated heterocycles. The summed E-state index contributed by atoms with van der Waals surface area (Å²) in [6.45, 7) is 8.77. The number of carbonyl (C=O) groups is 1. The van der Waals surface area contributed by atoms with Crippen LogP contribution in [0.3, 0.4) is 0 Å². The molecule has 0 heterocycles. The van der Waals surface area contributed by atoms with Crippen LogP contribution in [0.1, 0.15) is 33.3 Å². The van der Waals surface area contributed by atoms with Gasteiger partial charge in [-0.1, -0.05) is 22.0 Å². The number of likely N-dealkylation sites (N-methyl/N-ethyl adjacent to an activating group) is 1. The molecular weight excluding hydrogens is 502 g/mol. The number of guanidine groups is 1. The van der Waals surface area contributed by atoms with E-state index >= 15 is 0 Å². The van der Waals surface area contributed by atoms with E-state index in [1.807, 2.05) is 27.7 Å². The molecule has 0 fully saturated rings. The normalized spacial score (nSPS) is 11.6. The zero-order chi connectivity index (χ0) is 18.3. The van der Waals surface area contributed by atoms with E-state index in [9.17, 15) is 9.18 Å². The Morgan fingerprint density at radius 3 is 2.52 bits per heavy atom. The summed E-state index contributed by atoms with van der Waals surface area (Å²) in [6, 6.07) is 4.89. The summed E-state index contributed by atoms with van der Waals surface area (Å²) in [4.78, 5) is 18.2. The Morgan fingerprint density at radius 2 is 2.00 bits per heavy atom. The van der Waals surface area contributed by atoms with Crippen molar-refractivity contribution in [3.05, 3.63) is 34.1 Å². The van der Waals surface area contributed by atoms with Crippen LogP contribution in [-0.4, -0.2) is 42.4 Å². The first-order valence-electron chi connectivity index (χ1n) is 7.86. The third-order valence-corrected chi connectivity index (χ3v) is 3.50. The second kappa shape index (κ2) is 10.9. The van der Waals surface area contributed by atoms with Crippen molar-refractivity contribution in [2.45, 2.75) is 39.8 Å². The first-order chi connectivity index (χ1) is 11.1. The van der Waals surface area contributed by atoms with Crippen LogP contribution >= 0.6 is 39.9 Å². The van der Waals surface area contributed by atoms with Crippen LogP contribution in [0.15, 0.2) is 27.7 Å². The molecule has 1 aromatic carbocycles. The summed E-state index contributed by atoms with van der Waals surface area (Å²) in [7, 11) is 1.78. The molecular formula is C17H27BrFIN4O. The van der Waals surface area contributed by atoms with Crippen molar-refractivity contribution in [3.63, 3.8) is 0 Å². The summed E-state index contributed by atoms with van der Waals surface area (Å²) in [5.74, 6) is 0.159. The van der Waals surface area contributed by atoms with Crippen molar-refractivity contribution in [2.24, 2.45) is 4.99 Å². The molecule has 142 valence electrons. The highest BCUT2D eigenvalue weighted by Gasteiger charge is 2.16. The number of nitrogens with one attached hydrogen (secondary N) is 2. The van der Waals surface area contributed by atoms with E-state index < -0.39 is 0 Å². The molecule has 0 aromatic heterocycles. The van der Waals surface area contributed by atoms with E-state index in [2.05, 4.69) is 31.6 Å². The molecule has 0 aliphatic carbocycles. The Bertz CT molecular complexity index is 605. The number of nitrogens with zero attached hydrogens (tertiary/aromatic N) is 2. The highest BCUT2D eigenvalue weighted by molar-refractivity contribution is 14.0. The third kappa shape index (κ3) is 9.39. The Labute approximate surface area is 175 Å². The van der Waals surface area contributed by atoms with Crippen LogP contribution in [-0.2, 0) is 11.3 Å². The molecule has 1 amide bonds. The van der Waals surface area contributed by atoms with Crippen molar-refractivity contribution in [1.82, 2.24) is 15.5 Å². The maximum atomic E-state index is 13.9. The molecule has 1 rings (SSSR count). The van der Waals surface area contributed by atoms with Gasteiger partial charge in [0.2, 0.25) is 5.91 Å². The lowest BCUT2D eigenvalue weighted by molar-refractivity contribution is -0.122. The zero-order valence-electron chi connectivity index (χ0n) is 15.3. The van der Waals surface area contributed by atoms with Crippen LogP contribution in [0.5, 0.6) is 0 Å². The van der Waals surface area contributed by atoms with E-state index in [1.165, 1.54) is 6.07 Å². The topological polar surface area (TPSA) is 56.7 Å². The van der Waals surface area contributed by atoms with Crippen molar-refractivity contribution < 1.29 is 9.18 Å². The van der Waals surface area contributed by atoms with Gasteiger partial charge < -0.3 is 15.5 Å². The SMILES string of the molecule is CCNC(=NCc1ccc(Br)cc1F)N(C)CC(=O)NC(C)(C)C.I. The molecule has 0 atom stereocenters. The lowest BCUT2D eigenvalue weighted by Crippen LogP contribution is -2.48. The van der Waals surface area contributed by atoms with Crippen LogP contribution in [0.2, 0.25) is 0 Å². The number of hydrogen-bond acceptors (Lipinski definition) is 2. The molecule has 5 nitrogen and oxygen atoms in total. The van der Waals surface area contributed by atoms with Crippen molar-refractivity contribution in [3.8, 4) is 0 Å². The first-order valence-corrected chi connectivity index (χ1v) is 8.66. The summed E-state index contributed by atoms with van der Waals surface area (Å²) in [5, 5.41) is 6.02. The quantitative estimate of drug-likeness (QED) is 0.349. The van der Waals surface area contributed by atoms with E-state index in [0.717, 1.165) is 0 Å². The fraction of sp³-hybridized carbons (Fsp3) is 0.529. The predicted octanol–water partition coefficient (Wildman–Crippen LogP) is 3.52. The van der Waals surface area contributed by atoms with Gasteiger partial charge >= 0.3 is 0 Å². The van der Waals surface area contributed by atoms with Crippen molar-refractivity contribution in [1.29, 1.82) is 0 Å². The van der Waals surface area contributed by atoms with E-state index in [-0.39, 0.29) is 54.3 Å². The van der Waals surface area contributed by atoms with E-state index in [4.69, 9.17) is 0 Å². The van der Waals surface area contributed by atoms with E-state index in [0.29, 0.717) is 22.5 Å².